The number of benzene rings is 1. The molecule has 0 fully saturated rings. The van der Waals surface area contributed by atoms with E-state index < -0.39 is 11.9 Å². The highest BCUT2D eigenvalue weighted by molar-refractivity contribution is 9.10. The molecule has 0 bridgehead atoms. The molecule has 1 N–H and O–H groups in total. The Morgan fingerprint density at radius 3 is 2.67 bits per heavy atom. The van der Waals surface area contributed by atoms with E-state index in [2.05, 4.69) is 25.3 Å². The first kappa shape index (κ1) is 16.1. The molecule has 2 aromatic rings. The van der Waals surface area contributed by atoms with Crippen molar-refractivity contribution < 1.29 is 9.90 Å². The van der Waals surface area contributed by atoms with Crippen molar-refractivity contribution in [2.24, 2.45) is 0 Å². The predicted molar refractivity (Wildman–Crippen MR) is 86.8 cm³/mol. The van der Waals surface area contributed by atoms with Crippen LogP contribution in [0, 0.1) is 0 Å². The van der Waals surface area contributed by atoms with Gasteiger partial charge in [-0.3, -0.25) is 4.79 Å². The van der Waals surface area contributed by atoms with Crippen molar-refractivity contribution >= 4 is 33.4 Å². The van der Waals surface area contributed by atoms with Crippen LogP contribution >= 0.6 is 27.5 Å². The van der Waals surface area contributed by atoms with E-state index in [-0.39, 0.29) is 5.41 Å². The number of carboxylic acids is 1. The van der Waals surface area contributed by atoms with Crippen LogP contribution in [0.1, 0.15) is 43.1 Å². The van der Waals surface area contributed by atoms with Crippen LogP contribution in [0.4, 0.5) is 0 Å². The molecule has 1 aromatic heterocycles. The van der Waals surface area contributed by atoms with Crippen molar-refractivity contribution in [3.8, 4) is 0 Å². The summed E-state index contributed by atoms with van der Waals surface area (Å²) in [5.41, 5.74) is 0.789. The zero-order chi connectivity index (χ0) is 15.6. The molecule has 1 heterocycles. The van der Waals surface area contributed by atoms with Crippen LogP contribution in [-0.4, -0.2) is 20.4 Å². The van der Waals surface area contributed by atoms with Gasteiger partial charge in [0.1, 0.15) is 16.7 Å². The van der Waals surface area contributed by atoms with Crippen LogP contribution in [0.3, 0.4) is 0 Å². The summed E-state index contributed by atoms with van der Waals surface area (Å²) in [5.74, 6) is -0.831. The smallest absolute Gasteiger partial charge is 0.313 e. The third-order valence-corrected chi connectivity index (χ3v) is 4.36. The number of aliphatic carboxylic acids is 1. The van der Waals surface area contributed by atoms with Gasteiger partial charge in [-0.05, 0) is 35.6 Å². The minimum atomic E-state index is -0.869. The molecule has 1 aromatic carbocycles. The Hall–Kier alpha value is -1.27. The summed E-state index contributed by atoms with van der Waals surface area (Å²) in [6.45, 7) is 6.05. The minimum absolute atomic E-state index is 0.173. The van der Waals surface area contributed by atoms with Crippen LogP contribution in [0.15, 0.2) is 28.7 Å². The first-order valence-corrected chi connectivity index (χ1v) is 8.15. The molecule has 6 heteroatoms. The van der Waals surface area contributed by atoms with Gasteiger partial charge in [0, 0.05) is 9.89 Å². The van der Waals surface area contributed by atoms with Gasteiger partial charge in [0.25, 0.3) is 0 Å². The maximum absolute atomic E-state index is 11.6. The predicted octanol–water partition coefficient (Wildman–Crippen LogP) is 4.01. The van der Waals surface area contributed by atoms with Crippen molar-refractivity contribution in [3.63, 3.8) is 0 Å². The Morgan fingerprint density at radius 2 is 2.14 bits per heavy atom. The second-order valence-corrected chi connectivity index (χ2v) is 7.63. The highest BCUT2D eigenvalue weighted by Crippen LogP contribution is 2.28. The number of aromatic nitrogens is 2. The van der Waals surface area contributed by atoms with E-state index in [1.54, 1.807) is 0 Å². The Kier molecular flexibility index (Phi) is 4.78. The summed E-state index contributed by atoms with van der Waals surface area (Å²) in [7, 11) is 0. The summed E-state index contributed by atoms with van der Waals surface area (Å²) in [6.07, 6.45) is 0.410. The molecular formula is C15H17BrN2O2S. The minimum Gasteiger partial charge on any atom is -0.481 e. The summed E-state index contributed by atoms with van der Waals surface area (Å²) in [6, 6.07) is 7.68. The molecular weight excluding hydrogens is 352 g/mol. The molecule has 21 heavy (non-hydrogen) atoms. The fourth-order valence-electron chi connectivity index (χ4n) is 1.86. The van der Waals surface area contributed by atoms with Crippen LogP contribution in [0.25, 0.3) is 0 Å². The Labute approximate surface area is 136 Å². The molecule has 0 radical (unpaired) electrons. The monoisotopic (exact) mass is 368 g/mol. The van der Waals surface area contributed by atoms with Gasteiger partial charge in [-0.1, -0.05) is 48.8 Å². The molecule has 2 rings (SSSR count). The Balaban J connectivity index is 2.27. The Morgan fingerprint density at radius 1 is 1.43 bits per heavy atom. The number of rotatable bonds is 4. The highest BCUT2D eigenvalue weighted by Gasteiger charge is 2.27. The van der Waals surface area contributed by atoms with E-state index in [4.69, 9.17) is 0 Å². The highest BCUT2D eigenvalue weighted by atomic mass is 79.9. The van der Waals surface area contributed by atoms with Crippen molar-refractivity contribution in [3.05, 3.63) is 45.1 Å². The molecule has 0 amide bonds. The van der Waals surface area contributed by atoms with Crippen molar-refractivity contribution in [2.45, 2.75) is 38.5 Å². The molecule has 0 aliphatic carbocycles. The number of nitrogens with zero attached hydrogens (tertiary/aromatic N) is 2. The maximum atomic E-state index is 11.6. The average Bonchev–Trinajstić information content (AvgIpc) is 2.84. The third-order valence-electron chi connectivity index (χ3n) is 3.04. The number of carboxylic acid groups (broad SMARTS) is 1. The largest absolute Gasteiger partial charge is 0.481 e. The van der Waals surface area contributed by atoms with Crippen LogP contribution in [0.2, 0.25) is 0 Å². The lowest BCUT2D eigenvalue weighted by molar-refractivity contribution is -0.138. The molecule has 112 valence electrons. The SMILES string of the molecule is CC(C)(C)c1nsc(C(Cc2cccc(Br)c2)C(=O)O)n1. The molecule has 0 aliphatic rings. The lowest BCUT2D eigenvalue weighted by atomic mass is 9.96. The topological polar surface area (TPSA) is 63.1 Å². The Bertz CT molecular complexity index is 649. The first-order chi connectivity index (χ1) is 9.77. The molecule has 0 aliphatic heterocycles. The summed E-state index contributed by atoms with van der Waals surface area (Å²) in [4.78, 5) is 16.0. The lowest BCUT2D eigenvalue weighted by Gasteiger charge is -2.13. The molecule has 0 saturated carbocycles. The van der Waals surface area contributed by atoms with E-state index in [9.17, 15) is 9.90 Å². The zero-order valence-corrected chi connectivity index (χ0v) is 14.5. The van der Waals surface area contributed by atoms with Crippen LogP contribution < -0.4 is 0 Å². The fourth-order valence-corrected chi connectivity index (χ4v) is 3.24. The van der Waals surface area contributed by atoms with Gasteiger partial charge in [0.15, 0.2) is 0 Å². The van der Waals surface area contributed by atoms with E-state index in [1.807, 2.05) is 45.0 Å². The standard InChI is InChI=1S/C15H17BrN2O2S/c1-15(2,3)14-17-12(21-18-14)11(13(19)20)8-9-5-4-6-10(16)7-9/h4-7,11H,8H2,1-3H3,(H,19,20). The number of hydrogen-bond donors (Lipinski definition) is 1. The summed E-state index contributed by atoms with van der Waals surface area (Å²) in [5, 5.41) is 10.1. The number of halogens is 1. The van der Waals surface area contributed by atoms with Crippen LogP contribution in [0.5, 0.6) is 0 Å². The van der Waals surface area contributed by atoms with E-state index in [0.717, 1.165) is 10.0 Å². The maximum Gasteiger partial charge on any atom is 0.313 e. The van der Waals surface area contributed by atoms with Gasteiger partial charge in [0.2, 0.25) is 0 Å². The number of hydrogen-bond acceptors (Lipinski definition) is 4. The fraction of sp³-hybridized carbons (Fsp3) is 0.400. The van der Waals surface area contributed by atoms with Gasteiger partial charge in [-0.15, -0.1) is 0 Å². The zero-order valence-electron chi connectivity index (χ0n) is 12.1. The summed E-state index contributed by atoms with van der Waals surface area (Å²) >= 11 is 4.59. The first-order valence-electron chi connectivity index (χ1n) is 6.58. The molecule has 1 atom stereocenters. The van der Waals surface area contributed by atoms with Crippen molar-refractivity contribution in [1.82, 2.24) is 9.36 Å². The van der Waals surface area contributed by atoms with Gasteiger partial charge >= 0.3 is 5.97 Å². The van der Waals surface area contributed by atoms with Gasteiger partial charge in [-0.2, -0.15) is 4.37 Å². The lowest BCUT2D eigenvalue weighted by Crippen LogP contribution is -2.16. The molecule has 1 unspecified atom stereocenters. The van der Waals surface area contributed by atoms with Crippen LogP contribution in [-0.2, 0) is 16.6 Å². The number of carbonyl (C=O) groups is 1. The van der Waals surface area contributed by atoms with Crippen molar-refractivity contribution in [1.29, 1.82) is 0 Å². The summed E-state index contributed by atoms with van der Waals surface area (Å²) < 4.78 is 5.25. The van der Waals surface area contributed by atoms with E-state index >= 15 is 0 Å². The van der Waals surface area contributed by atoms with E-state index in [0.29, 0.717) is 17.3 Å². The van der Waals surface area contributed by atoms with Crippen molar-refractivity contribution in [2.75, 3.05) is 0 Å². The van der Waals surface area contributed by atoms with E-state index in [1.165, 1.54) is 11.5 Å². The second kappa shape index (κ2) is 6.23. The average molecular weight is 369 g/mol. The van der Waals surface area contributed by atoms with Gasteiger partial charge in [-0.25, -0.2) is 4.98 Å². The quantitative estimate of drug-likeness (QED) is 0.885. The molecule has 0 saturated heterocycles. The normalized spacial score (nSPS) is 13.1. The second-order valence-electron chi connectivity index (χ2n) is 5.93. The molecule has 4 nitrogen and oxygen atoms in total. The molecule has 0 spiro atoms. The van der Waals surface area contributed by atoms with Gasteiger partial charge < -0.3 is 5.11 Å². The third kappa shape index (κ3) is 4.11. The van der Waals surface area contributed by atoms with Gasteiger partial charge in [0.05, 0.1) is 0 Å².